The predicted octanol–water partition coefficient (Wildman–Crippen LogP) is 3.34. The SMILES string of the molecule is CC(CCc1cnc(Nc2ccc(Cl)cc2)nc1N)N(C)C. The zero-order valence-electron chi connectivity index (χ0n) is 13.2. The van der Waals surface area contributed by atoms with E-state index in [0.29, 0.717) is 22.8 Å². The molecule has 3 N–H and O–H groups in total. The quantitative estimate of drug-likeness (QED) is 0.854. The lowest BCUT2D eigenvalue weighted by Crippen LogP contribution is -2.25. The Labute approximate surface area is 136 Å². The number of aromatic nitrogens is 2. The van der Waals surface area contributed by atoms with Crippen molar-refractivity contribution in [1.29, 1.82) is 0 Å². The second-order valence-corrected chi connectivity index (χ2v) is 6.02. The number of nitrogen functional groups attached to an aromatic ring is 1. The highest BCUT2D eigenvalue weighted by atomic mass is 35.5. The molecule has 1 aromatic heterocycles. The monoisotopic (exact) mass is 319 g/mol. The number of halogens is 1. The van der Waals surface area contributed by atoms with Crippen molar-refractivity contribution in [2.24, 2.45) is 0 Å². The van der Waals surface area contributed by atoms with Crippen molar-refractivity contribution in [2.45, 2.75) is 25.8 Å². The van der Waals surface area contributed by atoms with Crippen LogP contribution >= 0.6 is 11.6 Å². The summed E-state index contributed by atoms with van der Waals surface area (Å²) in [5.41, 5.74) is 7.89. The number of nitrogens with zero attached hydrogens (tertiary/aromatic N) is 3. The number of nitrogens with one attached hydrogen (secondary N) is 1. The summed E-state index contributed by atoms with van der Waals surface area (Å²) >= 11 is 5.86. The maximum Gasteiger partial charge on any atom is 0.229 e. The molecule has 2 rings (SSSR count). The Kier molecular flexibility index (Phi) is 5.57. The zero-order chi connectivity index (χ0) is 16.1. The lowest BCUT2D eigenvalue weighted by atomic mass is 10.1. The van der Waals surface area contributed by atoms with Gasteiger partial charge in [-0.1, -0.05) is 11.6 Å². The van der Waals surface area contributed by atoms with E-state index in [-0.39, 0.29) is 0 Å². The Balaban J connectivity index is 2.01. The second-order valence-electron chi connectivity index (χ2n) is 5.59. The molecule has 0 saturated carbocycles. The molecule has 1 aromatic carbocycles. The van der Waals surface area contributed by atoms with Gasteiger partial charge in [0.2, 0.25) is 5.95 Å². The molecule has 22 heavy (non-hydrogen) atoms. The smallest absolute Gasteiger partial charge is 0.229 e. The first-order chi connectivity index (χ1) is 10.5. The highest BCUT2D eigenvalue weighted by Gasteiger charge is 2.09. The van der Waals surface area contributed by atoms with E-state index in [0.717, 1.165) is 24.1 Å². The molecule has 0 amide bonds. The van der Waals surface area contributed by atoms with Gasteiger partial charge in [0.25, 0.3) is 0 Å². The topological polar surface area (TPSA) is 67.1 Å². The summed E-state index contributed by atoms with van der Waals surface area (Å²) < 4.78 is 0. The van der Waals surface area contributed by atoms with E-state index >= 15 is 0 Å². The summed E-state index contributed by atoms with van der Waals surface area (Å²) in [7, 11) is 4.15. The first kappa shape index (κ1) is 16.5. The minimum atomic E-state index is 0.490. The summed E-state index contributed by atoms with van der Waals surface area (Å²) in [4.78, 5) is 10.8. The maximum absolute atomic E-state index is 6.04. The zero-order valence-corrected chi connectivity index (χ0v) is 13.9. The molecule has 118 valence electrons. The van der Waals surface area contributed by atoms with Crippen LogP contribution < -0.4 is 11.1 Å². The lowest BCUT2D eigenvalue weighted by Gasteiger charge is -2.19. The number of hydrogen-bond acceptors (Lipinski definition) is 5. The lowest BCUT2D eigenvalue weighted by molar-refractivity contribution is 0.299. The van der Waals surface area contributed by atoms with E-state index in [1.807, 2.05) is 24.3 Å². The third kappa shape index (κ3) is 4.58. The Morgan fingerprint density at radius 2 is 1.95 bits per heavy atom. The largest absolute Gasteiger partial charge is 0.383 e. The van der Waals surface area contributed by atoms with Gasteiger partial charge in [-0.3, -0.25) is 0 Å². The van der Waals surface area contributed by atoms with Crippen LogP contribution in [0, 0.1) is 0 Å². The van der Waals surface area contributed by atoms with E-state index < -0.39 is 0 Å². The van der Waals surface area contributed by atoms with Crippen LogP contribution in [0.1, 0.15) is 18.9 Å². The van der Waals surface area contributed by atoms with E-state index in [2.05, 4.69) is 41.2 Å². The van der Waals surface area contributed by atoms with Gasteiger partial charge in [0.15, 0.2) is 0 Å². The molecule has 0 saturated heterocycles. The summed E-state index contributed by atoms with van der Waals surface area (Å²) in [5.74, 6) is 1.02. The fraction of sp³-hybridized carbons (Fsp3) is 0.375. The molecule has 6 heteroatoms. The molecule has 1 heterocycles. The number of nitrogens with two attached hydrogens (primary N) is 1. The summed E-state index contributed by atoms with van der Waals surface area (Å²) in [6.45, 7) is 2.19. The Hall–Kier alpha value is -1.85. The van der Waals surface area contributed by atoms with Gasteiger partial charge in [-0.15, -0.1) is 0 Å². The van der Waals surface area contributed by atoms with Crippen LogP contribution in [-0.4, -0.2) is 35.0 Å². The van der Waals surface area contributed by atoms with E-state index in [4.69, 9.17) is 17.3 Å². The summed E-state index contributed by atoms with van der Waals surface area (Å²) in [5, 5.41) is 3.80. The van der Waals surface area contributed by atoms with Crippen molar-refractivity contribution < 1.29 is 0 Å². The van der Waals surface area contributed by atoms with Crippen LogP contribution in [-0.2, 0) is 6.42 Å². The fourth-order valence-corrected chi connectivity index (χ4v) is 2.08. The van der Waals surface area contributed by atoms with Crippen molar-refractivity contribution in [3.05, 3.63) is 41.0 Å². The van der Waals surface area contributed by atoms with Gasteiger partial charge in [-0.05, 0) is 58.1 Å². The molecule has 0 aliphatic rings. The highest BCUT2D eigenvalue weighted by molar-refractivity contribution is 6.30. The Morgan fingerprint density at radius 1 is 1.27 bits per heavy atom. The van der Waals surface area contributed by atoms with Gasteiger partial charge < -0.3 is 16.0 Å². The van der Waals surface area contributed by atoms with Crippen LogP contribution in [0.25, 0.3) is 0 Å². The van der Waals surface area contributed by atoms with Gasteiger partial charge in [-0.2, -0.15) is 4.98 Å². The molecule has 0 radical (unpaired) electrons. The molecule has 0 aliphatic heterocycles. The van der Waals surface area contributed by atoms with Crippen LogP contribution in [0.15, 0.2) is 30.5 Å². The molecule has 1 atom stereocenters. The van der Waals surface area contributed by atoms with Crippen LogP contribution in [0.5, 0.6) is 0 Å². The second kappa shape index (κ2) is 7.42. The van der Waals surface area contributed by atoms with Gasteiger partial charge >= 0.3 is 0 Å². The number of hydrogen-bond donors (Lipinski definition) is 2. The molecule has 0 bridgehead atoms. The third-order valence-corrected chi connectivity index (χ3v) is 3.96. The average Bonchev–Trinajstić information content (AvgIpc) is 2.48. The van der Waals surface area contributed by atoms with Gasteiger partial charge in [0, 0.05) is 28.5 Å². The Bertz CT molecular complexity index is 612. The van der Waals surface area contributed by atoms with Gasteiger partial charge in [0.1, 0.15) is 5.82 Å². The first-order valence-electron chi connectivity index (χ1n) is 7.26. The number of benzene rings is 1. The van der Waals surface area contributed by atoms with E-state index in [9.17, 15) is 0 Å². The average molecular weight is 320 g/mol. The first-order valence-corrected chi connectivity index (χ1v) is 7.64. The number of rotatable bonds is 6. The molecule has 0 fully saturated rings. The highest BCUT2D eigenvalue weighted by Crippen LogP contribution is 2.19. The van der Waals surface area contributed by atoms with Crippen molar-refractivity contribution in [2.75, 3.05) is 25.1 Å². The Morgan fingerprint density at radius 3 is 2.55 bits per heavy atom. The molecular weight excluding hydrogens is 298 g/mol. The van der Waals surface area contributed by atoms with Crippen LogP contribution in [0.2, 0.25) is 5.02 Å². The van der Waals surface area contributed by atoms with E-state index in [1.165, 1.54) is 0 Å². The standard InChI is InChI=1S/C16H22ClN5/c1-11(22(2)3)4-5-12-10-19-16(21-15(12)18)20-14-8-6-13(17)7-9-14/h6-11H,4-5H2,1-3H3,(H3,18,19,20,21). The molecule has 0 spiro atoms. The predicted molar refractivity (Wildman–Crippen MR) is 92.6 cm³/mol. The summed E-state index contributed by atoms with van der Waals surface area (Å²) in [6, 6.07) is 7.85. The fourth-order valence-electron chi connectivity index (χ4n) is 1.96. The van der Waals surface area contributed by atoms with Gasteiger partial charge in [0.05, 0.1) is 0 Å². The number of anilines is 3. The normalized spacial score (nSPS) is 12.4. The van der Waals surface area contributed by atoms with Crippen molar-refractivity contribution in [3.8, 4) is 0 Å². The third-order valence-electron chi connectivity index (χ3n) is 3.71. The molecule has 0 aliphatic carbocycles. The molecule has 2 aromatic rings. The minimum Gasteiger partial charge on any atom is -0.383 e. The molecule has 5 nitrogen and oxygen atoms in total. The summed E-state index contributed by atoms with van der Waals surface area (Å²) in [6.07, 6.45) is 3.68. The maximum atomic E-state index is 6.04. The molecular formula is C16H22ClN5. The van der Waals surface area contributed by atoms with Crippen LogP contribution in [0.3, 0.4) is 0 Å². The number of aryl methyl sites for hydroxylation is 1. The van der Waals surface area contributed by atoms with Crippen molar-refractivity contribution in [1.82, 2.24) is 14.9 Å². The van der Waals surface area contributed by atoms with Gasteiger partial charge in [-0.25, -0.2) is 4.98 Å². The molecule has 1 unspecified atom stereocenters. The minimum absolute atomic E-state index is 0.490. The van der Waals surface area contributed by atoms with Crippen molar-refractivity contribution in [3.63, 3.8) is 0 Å². The van der Waals surface area contributed by atoms with E-state index in [1.54, 1.807) is 6.20 Å². The van der Waals surface area contributed by atoms with Crippen LogP contribution in [0.4, 0.5) is 17.5 Å². The van der Waals surface area contributed by atoms with Crippen molar-refractivity contribution >= 4 is 29.1 Å².